The van der Waals surface area contributed by atoms with Gasteiger partial charge in [0.25, 0.3) is 0 Å². The molecule has 0 aromatic carbocycles. The second-order valence-electron chi connectivity index (χ2n) is 4.74. The average Bonchev–Trinajstić information content (AvgIpc) is 2.82. The van der Waals surface area contributed by atoms with Gasteiger partial charge in [-0.25, -0.2) is 4.98 Å². The lowest BCUT2D eigenvalue weighted by atomic mass is 10.2. The average molecular weight is 288 g/mol. The first-order valence-corrected chi connectivity index (χ1v) is 6.17. The van der Waals surface area contributed by atoms with E-state index >= 15 is 0 Å². The fourth-order valence-corrected chi connectivity index (χ4v) is 2.33. The second kappa shape index (κ2) is 5.18. The predicted octanol–water partition coefficient (Wildman–Crippen LogP) is 2.18. The molecule has 2 rings (SSSR count). The molecule has 1 aromatic heterocycles. The summed E-state index contributed by atoms with van der Waals surface area (Å²) < 4.78 is 38.3. The maximum Gasteiger partial charge on any atom is 0.433 e. The molecule has 0 aliphatic carbocycles. The van der Waals surface area contributed by atoms with Crippen LogP contribution >= 0.6 is 0 Å². The quantitative estimate of drug-likeness (QED) is 0.378. The maximum atomic E-state index is 12.8. The number of halogens is 3. The van der Waals surface area contributed by atoms with E-state index in [2.05, 4.69) is 10.1 Å². The Morgan fingerprint density at radius 1 is 1.50 bits per heavy atom. The van der Waals surface area contributed by atoms with Gasteiger partial charge in [0, 0.05) is 12.6 Å². The Labute approximate surface area is 113 Å². The molecule has 110 valence electrons. The molecule has 1 aliphatic heterocycles. The molecule has 1 aliphatic rings. The van der Waals surface area contributed by atoms with Gasteiger partial charge in [-0.2, -0.15) is 13.2 Å². The number of hydrogen-bond acceptors (Lipinski definition) is 4. The van der Waals surface area contributed by atoms with Crippen LogP contribution in [-0.4, -0.2) is 28.6 Å². The first-order valence-electron chi connectivity index (χ1n) is 6.17. The highest BCUT2D eigenvalue weighted by Gasteiger charge is 2.35. The Kier molecular flexibility index (Phi) is 3.74. The lowest BCUT2D eigenvalue weighted by Crippen LogP contribution is -2.31. The van der Waals surface area contributed by atoms with Gasteiger partial charge in [-0.1, -0.05) is 5.16 Å². The number of anilines is 1. The number of aromatic nitrogens is 1. The lowest BCUT2D eigenvalue weighted by molar-refractivity contribution is -0.141. The van der Waals surface area contributed by atoms with Gasteiger partial charge >= 0.3 is 6.18 Å². The smallest absolute Gasteiger partial charge is 0.409 e. The summed E-state index contributed by atoms with van der Waals surface area (Å²) in [5, 5.41) is 11.6. The minimum Gasteiger partial charge on any atom is -0.409 e. The van der Waals surface area contributed by atoms with Crippen molar-refractivity contribution in [3.63, 3.8) is 0 Å². The van der Waals surface area contributed by atoms with Crippen LogP contribution in [0.25, 0.3) is 0 Å². The van der Waals surface area contributed by atoms with Gasteiger partial charge in [0.05, 0.1) is 5.56 Å². The fraction of sp³-hybridized carbons (Fsp3) is 0.500. The van der Waals surface area contributed by atoms with E-state index in [1.165, 1.54) is 6.07 Å². The van der Waals surface area contributed by atoms with Crippen molar-refractivity contribution < 1.29 is 18.4 Å². The monoisotopic (exact) mass is 288 g/mol. The summed E-state index contributed by atoms with van der Waals surface area (Å²) in [6.07, 6.45) is -2.79. The third-order valence-corrected chi connectivity index (χ3v) is 3.37. The van der Waals surface area contributed by atoms with Gasteiger partial charge in [-0.3, -0.25) is 0 Å². The van der Waals surface area contributed by atoms with E-state index < -0.39 is 11.9 Å². The summed E-state index contributed by atoms with van der Waals surface area (Å²) in [5.74, 6) is -0.138. The van der Waals surface area contributed by atoms with Crippen molar-refractivity contribution in [2.24, 2.45) is 10.9 Å². The third-order valence-electron chi connectivity index (χ3n) is 3.37. The van der Waals surface area contributed by atoms with Crippen molar-refractivity contribution in [2.45, 2.75) is 32.0 Å². The summed E-state index contributed by atoms with van der Waals surface area (Å²) in [4.78, 5) is 5.43. The molecule has 1 saturated heterocycles. The summed E-state index contributed by atoms with van der Waals surface area (Å²) >= 11 is 0. The number of amidine groups is 1. The van der Waals surface area contributed by atoms with Crippen LogP contribution in [0, 0.1) is 0 Å². The molecular weight excluding hydrogens is 273 g/mol. The SMILES string of the molecule is CC1CCCN1c1nc(C(F)(F)F)ccc1C(N)=NO. The molecule has 1 aromatic rings. The summed E-state index contributed by atoms with van der Waals surface area (Å²) in [6.45, 7) is 2.51. The van der Waals surface area contributed by atoms with Gasteiger partial charge in [-0.05, 0) is 31.9 Å². The largest absolute Gasteiger partial charge is 0.433 e. The topological polar surface area (TPSA) is 74.7 Å². The van der Waals surface area contributed by atoms with Gasteiger partial charge in [0.15, 0.2) is 5.84 Å². The molecule has 5 nitrogen and oxygen atoms in total. The highest BCUT2D eigenvalue weighted by molar-refractivity contribution is 6.01. The number of rotatable bonds is 2. The third kappa shape index (κ3) is 2.63. The molecule has 0 spiro atoms. The number of nitrogens with zero attached hydrogens (tertiary/aromatic N) is 3. The van der Waals surface area contributed by atoms with Crippen LogP contribution in [0.15, 0.2) is 17.3 Å². The van der Waals surface area contributed by atoms with Gasteiger partial charge < -0.3 is 15.8 Å². The normalized spacial score (nSPS) is 20.5. The van der Waals surface area contributed by atoms with Crippen molar-refractivity contribution >= 4 is 11.7 Å². The number of alkyl halides is 3. The van der Waals surface area contributed by atoms with E-state index in [4.69, 9.17) is 10.9 Å². The highest BCUT2D eigenvalue weighted by atomic mass is 19.4. The Bertz CT molecular complexity index is 530. The van der Waals surface area contributed by atoms with E-state index in [1.54, 1.807) is 4.90 Å². The van der Waals surface area contributed by atoms with Crippen molar-refractivity contribution in [3.05, 3.63) is 23.4 Å². The molecule has 0 saturated carbocycles. The van der Waals surface area contributed by atoms with Crippen LogP contribution in [0.2, 0.25) is 0 Å². The Morgan fingerprint density at radius 3 is 2.70 bits per heavy atom. The van der Waals surface area contributed by atoms with Gasteiger partial charge in [0.1, 0.15) is 11.5 Å². The van der Waals surface area contributed by atoms with Crippen LogP contribution < -0.4 is 10.6 Å². The Morgan fingerprint density at radius 2 is 2.20 bits per heavy atom. The summed E-state index contributed by atoms with van der Waals surface area (Å²) in [7, 11) is 0. The van der Waals surface area contributed by atoms with Crippen LogP contribution in [0.1, 0.15) is 31.0 Å². The Hall–Kier alpha value is -1.99. The fourth-order valence-electron chi connectivity index (χ4n) is 2.33. The number of hydrogen-bond donors (Lipinski definition) is 2. The van der Waals surface area contributed by atoms with Crippen LogP contribution in [0.4, 0.5) is 19.0 Å². The number of nitrogens with two attached hydrogens (primary N) is 1. The minimum absolute atomic E-state index is 0.0660. The molecule has 0 radical (unpaired) electrons. The minimum atomic E-state index is -4.53. The van der Waals surface area contributed by atoms with Crippen molar-refractivity contribution in [1.82, 2.24) is 4.98 Å². The van der Waals surface area contributed by atoms with E-state index in [-0.39, 0.29) is 23.3 Å². The van der Waals surface area contributed by atoms with E-state index in [0.717, 1.165) is 18.9 Å². The predicted molar refractivity (Wildman–Crippen MR) is 67.8 cm³/mol. The first kappa shape index (κ1) is 14.4. The lowest BCUT2D eigenvalue weighted by Gasteiger charge is -2.25. The van der Waals surface area contributed by atoms with E-state index in [1.807, 2.05) is 6.92 Å². The molecule has 3 N–H and O–H groups in total. The van der Waals surface area contributed by atoms with E-state index in [9.17, 15) is 13.2 Å². The number of pyridine rings is 1. The van der Waals surface area contributed by atoms with E-state index in [0.29, 0.717) is 6.54 Å². The molecular formula is C12H15F3N4O. The molecule has 1 fully saturated rings. The van der Waals surface area contributed by atoms with Crippen molar-refractivity contribution in [2.75, 3.05) is 11.4 Å². The molecule has 0 bridgehead atoms. The molecule has 20 heavy (non-hydrogen) atoms. The summed E-state index contributed by atoms with van der Waals surface area (Å²) in [6, 6.07) is 2.08. The summed E-state index contributed by atoms with van der Waals surface area (Å²) in [5.41, 5.74) is 4.74. The zero-order valence-electron chi connectivity index (χ0n) is 10.9. The molecule has 8 heteroatoms. The highest BCUT2D eigenvalue weighted by Crippen LogP contribution is 2.33. The molecule has 0 amide bonds. The number of oxime groups is 1. The Balaban J connectivity index is 2.54. The zero-order chi connectivity index (χ0) is 14.9. The van der Waals surface area contributed by atoms with Crippen LogP contribution in [0.5, 0.6) is 0 Å². The zero-order valence-corrected chi connectivity index (χ0v) is 10.9. The second-order valence-corrected chi connectivity index (χ2v) is 4.74. The van der Waals surface area contributed by atoms with Gasteiger partial charge in [0.2, 0.25) is 0 Å². The van der Waals surface area contributed by atoms with Crippen LogP contribution in [0.3, 0.4) is 0 Å². The molecule has 1 atom stereocenters. The van der Waals surface area contributed by atoms with Crippen molar-refractivity contribution in [1.29, 1.82) is 0 Å². The van der Waals surface area contributed by atoms with Crippen LogP contribution in [-0.2, 0) is 6.18 Å². The first-order chi connectivity index (χ1) is 9.34. The van der Waals surface area contributed by atoms with Gasteiger partial charge in [-0.15, -0.1) is 0 Å². The standard InChI is InChI=1S/C12H15F3N4O/c1-7-3-2-6-19(7)11-8(10(16)18-20)4-5-9(17-11)12(13,14)15/h4-5,7,20H,2-3,6H2,1H3,(H2,16,18). The maximum absolute atomic E-state index is 12.8. The van der Waals surface area contributed by atoms with Crippen molar-refractivity contribution in [3.8, 4) is 0 Å². The molecule has 1 unspecified atom stereocenters. The molecule has 2 heterocycles.